The molecule has 0 aliphatic carbocycles. The molecule has 2 aromatic carbocycles. The van der Waals surface area contributed by atoms with E-state index in [9.17, 15) is 4.79 Å². The highest BCUT2D eigenvalue weighted by Crippen LogP contribution is 2.36. The predicted molar refractivity (Wildman–Crippen MR) is 124 cm³/mol. The van der Waals surface area contributed by atoms with Crippen molar-refractivity contribution in [2.75, 3.05) is 6.54 Å². The van der Waals surface area contributed by atoms with E-state index in [4.69, 9.17) is 10.5 Å². The van der Waals surface area contributed by atoms with E-state index >= 15 is 0 Å². The number of fused-ring (bicyclic) bond motifs is 3. The van der Waals surface area contributed by atoms with Crippen LogP contribution in [-0.4, -0.2) is 40.6 Å². The molecule has 6 nitrogen and oxygen atoms in total. The number of urea groups is 1. The average molecular weight is 437 g/mol. The fraction of sp³-hybridized carbons (Fsp3) is 0.417. The number of primary amides is 1. The molecule has 1 aromatic heterocycles. The lowest BCUT2D eigenvalue weighted by Gasteiger charge is -2.39. The summed E-state index contributed by atoms with van der Waals surface area (Å²) in [5, 5.41) is 3.59. The van der Waals surface area contributed by atoms with Crippen LogP contribution in [0.4, 0.5) is 4.79 Å². The number of carbonyl (C=O) groups excluding carboxylic acids is 1. The Morgan fingerprint density at radius 3 is 2.65 bits per heavy atom. The van der Waals surface area contributed by atoms with Crippen LogP contribution in [0, 0.1) is 6.92 Å². The molecule has 2 aliphatic heterocycles. The zero-order chi connectivity index (χ0) is 21.4. The number of nitrogens with two attached hydrogens (primary N) is 1. The summed E-state index contributed by atoms with van der Waals surface area (Å²) >= 11 is 1.58. The van der Waals surface area contributed by atoms with Crippen LogP contribution >= 0.6 is 11.3 Å². The van der Waals surface area contributed by atoms with Crippen molar-refractivity contribution in [2.24, 2.45) is 5.73 Å². The highest BCUT2D eigenvalue weighted by atomic mass is 32.1. The highest BCUT2D eigenvalue weighted by molar-refractivity contribution is 7.20. The summed E-state index contributed by atoms with van der Waals surface area (Å²) in [7, 11) is 0. The van der Waals surface area contributed by atoms with Crippen molar-refractivity contribution in [3.63, 3.8) is 0 Å². The highest BCUT2D eigenvalue weighted by Gasteiger charge is 2.40. The third-order valence-corrected chi connectivity index (χ3v) is 7.44. The van der Waals surface area contributed by atoms with Gasteiger partial charge in [-0.05, 0) is 74.4 Å². The normalized spacial score (nSPS) is 23.2. The van der Waals surface area contributed by atoms with Gasteiger partial charge in [-0.25, -0.2) is 9.78 Å². The second kappa shape index (κ2) is 8.48. The summed E-state index contributed by atoms with van der Waals surface area (Å²) in [5.74, 6) is 0.818. The molecule has 5 rings (SSSR count). The van der Waals surface area contributed by atoms with Crippen LogP contribution in [0.15, 0.2) is 42.5 Å². The maximum Gasteiger partial charge on any atom is 0.312 e. The SMILES string of the molecule is Cc1ccc2nc(Oc3ccc(CCN4[C@@H]5CC[C@H]4C[C@@H](NC(N)=O)C5)cc3)sc2c1. The third-order valence-electron chi connectivity index (χ3n) is 6.54. The maximum absolute atomic E-state index is 11.2. The number of hydrogen-bond donors (Lipinski definition) is 2. The quantitative estimate of drug-likeness (QED) is 0.592. The molecule has 3 N–H and O–H groups in total. The molecular formula is C24H28N4O2S. The van der Waals surface area contributed by atoms with Gasteiger partial charge >= 0.3 is 6.03 Å². The number of carbonyl (C=O) groups is 1. The van der Waals surface area contributed by atoms with Gasteiger partial charge in [0.25, 0.3) is 5.19 Å². The Hall–Kier alpha value is -2.64. The van der Waals surface area contributed by atoms with Crippen molar-refractivity contribution >= 4 is 27.6 Å². The average Bonchev–Trinajstić information content (AvgIpc) is 3.23. The van der Waals surface area contributed by atoms with Crippen molar-refractivity contribution in [1.82, 2.24) is 15.2 Å². The number of nitrogens with one attached hydrogen (secondary N) is 1. The first-order chi connectivity index (χ1) is 15.0. The Morgan fingerprint density at radius 1 is 1.19 bits per heavy atom. The van der Waals surface area contributed by atoms with Crippen LogP contribution in [0.25, 0.3) is 10.2 Å². The Labute approximate surface area is 186 Å². The molecule has 3 heterocycles. The number of aryl methyl sites for hydroxylation is 1. The van der Waals surface area contributed by atoms with Gasteiger partial charge in [0.15, 0.2) is 0 Å². The van der Waals surface area contributed by atoms with Crippen molar-refractivity contribution in [1.29, 1.82) is 0 Å². The van der Waals surface area contributed by atoms with Gasteiger partial charge in [-0.1, -0.05) is 29.5 Å². The topological polar surface area (TPSA) is 80.5 Å². The van der Waals surface area contributed by atoms with Crippen molar-refractivity contribution in [3.05, 3.63) is 53.6 Å². The fourth-order valence-electron chi connectivity index (χ4n) is 5.10. The number of aromatic nitrogens is 1. The molecule has 2 amide bonds. The molecule has 3 atom stereocenters. The smallest absolute Gasteiger partial charge is 0.312 e. The van der Waals surface area contributed by atoms with Crippen LogP contribution in [0.5, 0.6) is 10.9 Å². The number of nitrogens with zero attached hydrogens (tertiary/aromatic N) is 2. The minimum Gasteiger partial charge on any atom is -0.431 e. The minimum atomic E-state index is -0.402. The molecule has 31 heavy (non-hydrogen) atoms. The van der Waals surface area contributed by atoms with Gasteiger partial charge < -0.3 is 15.8 Å². The van der Waals surface area contributed by atoms with E-state index < -0.39 is 6.03 Å². The lowest BCUT2D eigenvalue weighted by molar-refractivity contribution is 0.121. The van der Waals surface area contributed by atoms with Gasteiger partial charge in [0.2, 0.25) is 0 Å². The second-order valence-corrected chi connectivity index (χ2v) is 9.74. The molecule has 0 unspecified atom stereocenters. The van der Waals surface area contributed by atoms with Gasteiger partial charge in [-0.3, -0.25) is 4.90 Å². The maximum atomic E-state index is 11.2. The van der Waals surface area contributed by atoms with Crippen molar-refractivity contribution < 1.29 is 9.53 Å². The molecule has 7 heteroatoms. The first-order valence-electron chi connectivity index (χ1n) is 11.0. The van der Waals surface area contributed by atoms with E-state index in [2.05, 4.69) is 46.4 Å². The van der Waals surface area contributed by atoms with E-state index in [1.54, 1.807) is 11.3 Å². The fourth-order valence-corrected chi connectivity index (χ4v) is 6.03. The molecule has 2 saturated heterocycles. The summed E-state index contributed by atoms with van der Waals surface area (Å²) in [5.41, 5.74) is 8.83. The third kappa shape index (κ3) is 4.52. The van der Waals surface area contributed by atoms with Crippen molar-refractivity contribution in [2.45, 2.75) is 57.2 Å². The van der Waals surface area contributed by atoms with Crippen molar-refractivity contribution in [3.8, 4) is 10.9 Å². The number of hydrogen-bond acceptors (Lipinski definition) is 5. The van der Waals surface area contributed by atoms with E-state index in [1.807, 2.05) is 18.2 Å². The molecule has 2 fully saturated rings. The number of thiazole rings is 1. The van der Waals surface area contributed by atoms with Gasteiger partial charge in [-0.2, -0.15) is 0 Å². The number of piperidine rings is 1. The summed E-state index contributed by atoms with van der Waals surface area (Å²) in [6.07, 6.45) is 5.47. The Morgan fingerprint density at radius 2 is 1.94 bits per heavy atom. The summed E-state index contributed by atoms with van der Waals surface area (Å²) in [4.78, 5) is 18.4. The lowest BCUT2D eigenvalue weighted by atomic mass is 9.96. The molecular weight excluding hydrogens is 408 g/mol. The van der Waals surface area contributed by atoms with Crippen LogP contribution in [0.2, 0.25) is 0 Å². The first kappa shape index (κ1) is 20.3. The number of rotatable bonds is 6. The molecule has 2 bridgehead atoms. The standard InChI is InChI=1S/C24H28N4O2S/c1-15-2-9-21-22(12-15)31-24(27-21)30-20-7-3-16(4-8-20)10-11-28-18-5-6-19(28)14-17(13-18)26-23(25)29/h2-4,7-9,12,17-19H,5-6,10-11,13-14H2,1H3,(H3,25,26,29)/t17-,18+,19-. The molecule has 0 spiro atoms. The first-order valence-corrected chi connectivity index (χ1v) is 11.8. The zero-order valence-electron chi connectivity index (χ0n) is 17.7. The van der Waals surface area contributed by atoms with Gasteiger partial charge in [-0.15, -0.1) is 0 Å². The molecule has 0 saturated carbocycles. The molecule has 2 aliphatic rings. The van der Waals surface area contributed by atoms with E-state index in [0.29, 0.717) is 17.3 Å². The predicted octanol–water partition coefficient (Wildman–Crippen LogP) is 4.60. The van der Waals surface area contributed by atoms with Gasteiger partial charge in [0.05, 0.1) is 10.2 Å². The number of ether oxygens (including phenoxy) is 1. The van der Waals surface area contributed by atoms with E-state index in [0.717, 1.165) is 41.8 Å². The van der Waals surface area contributed by atoms with Crippen LogP contribution in [0.3, 0.4) is 0 Å². The van der Waals surface area contributed by atoms with Crippen LogP contribution < -0.4 is 15.8 Å². The van der Waals surface area contributed by atoms with Gasteiger partial charge in [0.1, 0.15) is 5.75 Å². The van der Waals surface area contributed by atoms with Crippen LogP contribution in [-0.2, 0) is 6.42 Å². The lowest BCUT2D eigenvalue weighted by Crippen LogP contribution is -2.51. The number of benzene rings is 2. The minimum absolute atomic E-state index is 0.231. The molecule has 162 valence electrons. The summed E-state index contributed by atoms with van der Waals surface area (Å²) < 4.78 is 7.14. The van der Waals surface area contributed by atoms with E-state index in [-0.39, 0.29) is 6.04 Å². The summed E-state index contributed by atoms with van der Waals surface area (Å²) in [6, 6.07) is 15.6. The Bertz CT molecular complexity index is 1070. The van der Waals surface area contributed by atoms with Gasteiger partial charge in [0, 0.05) is 24.7 Å². The van der Waals surface area contributed by atoms with Crippen LogP contribution in [0.1, 0.15) is 36.8 Å². The number of amides is 2. The zero-order valence-corrected chi connectivity index (χ0v) is 18.5. The largest absolute Gasteiger partial charge is 0.431 e. The molecule has 0 radical (unpaired) electrons. The monoisotopic (exact) mass is 436 g/mol. The van der Waals surface area contributed by atoms with E-state index in [1.165, 1.54) is 24.0 Å². The Kier molecular flexibility index (Phi) is 5.54. The molecule has 3 aromatic rings. The Balaban J connectivity index is 1.17. The second-order valence-electron chi connectivity index (χ2n) is 8.75. The summed E-state index contributed by atoms with van der Waals surface area (Å²) in [6.45, 7) is 3.14.